The summed E-state index contributed by atoms with van der Waals surface area (Å²) in [5.74, 6) is 1.95. The molecule has 21 heavy (non-hydrogen) atoms. The highest BCUT2D eigenvalue weighted by Gasteiger charge is 2.10. The Morgan fingerprint density at radius 2 is 2.14 bits per heavy atom. The first-order valence-corrected chi connectivity index (χ1v) is 8.47. The van der Waals surface area contributed by atoms with Gasteiger partial charge in [-0.3, -0.25) is 4.79 Å². The van der Waals surface area contributed by atoms with Crippen molar-refractivity contribution in [3.8, 4) is 0 Å². The van der Waals surface area contributed by atoms with Gasteiger partial charge in [-0.25, -0.2) is 0 Å². The van der Waals surface area contributed by atoms with Crippen LogP contribution < -0.4 is 5.32 Å². The fraction of sp³-hybridized carbons (Fsp3) is 0.333. The van der Waals surface area contributed by atoms with Gasteiger partial charge >= 0.3 is 0 Å². The van der Waals surface area contributed by atoms with Gasteiger partial charge in [0.15, 0.2) is 0 Å². The molecule has 1 aromatic heterocycles. The van der Waals surface area contributed by atoms with Gasteiger partial charge in [-0.2, -0.15) is 0 Å². The highest BCUT2D eigenvalue weighted by atomic mass is 79.9. The van der Waals surface area contributed by atoms with Gasteiger partial charge < -0.3 is 9.84 Å². The van der Waals surface area contributed by atoms with Crippen LogP contribution in [0.15, 0.2) is 27.2 Å². The van der Waals surface area contributed by atoms with E-state index in [1.54, 1.807) is 11.8 Å². The Morgan fingerprint density at radius 3 is 2.76 bits per heavy atom. The van der Waals surface area contributed by atoms with Gasteiger partial charge in [-0.1, -0.05) is 21.1 Å². The Labute approximate surface area is 136 Å². The summed E-state index contributed by atoms with van der Waals surface area (Å²) in [5, 5.41) is 6.81. The lowest BCUT2D eigenvalue weighted by Gasteiger charge is -2.07. The number of rotatable bonds is 5. The Balaban J connectivity index is 1.84. The number of hydrogen-bond acceptors (Lipinski definition) is 4. The third-order valence-electron chi connectivity index (χ3n) is 3.10. The lowest BCUT2D eigenvalue weighted by Crippen LogP contribution is -2.14. The van der Waals surface area contributed by atoms with Gasteiger partial charge in [0.25, 0.3) is 0 Å². The molecule has 0 bridgehead atoms. The van der Waals surface area contributed by atoms with Crippen molar-refractivity contribution < 1.29 is 9.32 Å². The molecule has 0 radical (unpaired) electrons. The maximum Gasteiger partial charge on any atom is 0.234 e. The second-order valence-corrected chi connectivity index (χ2v) is 6.65. The van der Waals surface area contributed by atoms with Crippen LogP contribution in [-0.4, -0.2) is 16.8 Å². The van der Waals surface area contributed by atoms with E-state index in [2.05, 4.69) is 26.4 Å². The van der Waals surface area contributed by atoms with E-state index in [0.29, 0.717) is 5.75 Å². The molecule has 0 spiro atoms. The quantitative estimate of drug-likeness (QED) is 0.857. The molecule has 2 aromatic rings. The highest BCUT2D eigenvalue weighted by molar-refractivity contribution is 9.10. The number of aromatic nitrogens is 1. The SMILES string of the molecule is Cc1cc(NC(=O)CSCc2c(C)noc2C)ccc1Br. The molecule has 0 fully saturated rings. The maximum absolute atomic E-state index is 11.9. The predicted molar refractivity (Wildman–Crippen MR) is 89.6 cm³/mol. The fourth-order valence-corrected chi connectivity index (χ4v) is 3.10. The number of benzene rings is 1. The van der Waals surface area contributed by atoms with Crippen LogP contribution >= 0.6 is 27.7 Å². The molecule has 0 unspecified atom stereocenters. The first-order chi connectivity index (χ1) is 9.97. The zero-order chi connectivity index (χ0) is 15.4. The molecule has 0 aliphatic heterocycles. The average Bonchev–Trinajstić information content (AvgIpc) is 2.74. The first-order valence-electron chi connectivity index (χ1n) is 6.53. The van der Waals surface area contributed by atoms with Crippen molar-refractivity contribution in [1.29, 1.82) is 0 Å². The number of halogens is 1. The second kappa shape index (κ2) is 7.13. The summed E-state index contributed by atoms with van der Waals surface area (Å²) in [6.07, 6.45) is 0. The monoisotopic (exact) mass is 368 g/mol. The van der Waals surface area contributed by atoms with Crippen LogP contribution in [0.3, 0.4) is 0 Å². The number of amides is 1. The predicted octanol–water partition coefficient (Wildman–Crippen LogP) is 4.23. The van der Waals surface area contributed by atoms with Crippen LogP contribution in [0.25, 0.3) is 0 Å². The Hall–Kier alpha value is -1.27. The van der Waals surface area contributed by atoms with Crippen LogP contribution in [0.4, 0.5) is 5.69 Å². The van der Waals surface area contributed by atoms with E-state index in [9.17, 15) is 4.79 Å². The van der Waals surface area contributed by atoms with Crippen LogP contribution in [-0.2, 0) is 10.5 Å². The van der Waals surface area contributed by atoms with Gasteiger partial charge in [0.1, 0.15) is 5.76 Å². The van der Waals surface area contributed by atoms with Crippen molar-refractivity contribution in [1.82, 2.24) is 5.16 Å². The fourth-order valence-electron chi connectivity index (χ4n) is 1.87. The molecule has 1 amide bonds. The number of nitrogens with zero attached hydrogens (tertiary/aromatic N) is 1. The van der Waals surface area contributed by atoms with Crippen molar-refractivity contribution in [2.45, 2.75) is 26.5 Å². The number of carbonyl (C=O) groups is 1. The van der Waals surface area contributed by atoms with Crippen molar-refractivity contribution in [2.75, 3.05) is 11.1 Å². The average molecular weight is 369 g/mol. The lowest BCUT2D eigenvalue weighted by atomic mass is 10.2. The molecule has 0 saturated carbocycles. The summed E-state index contributed by atoms with van der Waals surface area (Å²) in [4.78, 5) is 11.9. The van der Waals surface area contributed by atoms with Gasteiger partial charge in [-0.15, -0.1) is 11.8 Å². The molecular weight excluding hydrogens is 352 g/mol. The Morgan fingerprint density at radius 1 is 1.38 bits per heavy atom. The molecule has 1 aromatic carbocycles. The summed E-state index contributed by atoms with van der Waals surface area (Å²) in [7, 11) is 0. The first kappa shape index (κ1) is 16.1. The van der Waals surface area contributed by atoms with Crippen LogP contribution in [0.2, 0.25) is 0 Å². The Kier molecular flexibility index (Phi) is 5.47. The molecule has 0 saturated heterocycles. The summed E-state index contributed by atoms with van der Waals surface area (Å²) in [5.41, 5.74) is 3.88. The van der Waals surface area contributed by atoms with Crippen LogP contribution in [0.5, 0.6) is 0 Å². The number of aryl methyl sites for hydroxylation is 3. The second-order valence-electron chi connectivity index (χ2n) is 4.81. The van der Waals surface area contributed by atoms with E-state index in [-0.39, 0.29) is 5.91 Å². The van der Waals surface area contributed by atoms with Crippen LogP contribution in [0, 0.1) is 20.8 Å². The molecule has 0 aliphatic rings. The van der Waals surface area contributed by atoms with E-state index in [1.807, 2.05) is 39.0 Å². The van der Waals surface area contributed by atoms with E-state index in [0.717, 1.165) is 38.5 Å². The molecule has 0 atom stereocenters. The van der Waals surface area contributed by atoms with Crippen molar-refractivity contribution >= 4 is 39.3 Å². The largest absolute Gasteiger partial charge is 0.361 e. The zero-order valence-corrected chi connectivity index (χ0v) is 14.6. The van der Waals surface area contributed by atoms with Crippen molar-refractivity contribution in [3.05, 3.63) is 45.3 Å². The minimum absolute atomic E-state index is 0.00603. The van der Waals surface area contributed by atoms with E-state index < -0.39 is 0 Å². The minimum Gasteiger partial charge on any atom is -0.361 e. The summed E-state index contributed by atoms with van der Waals surface area (Å²) < 4.78 is 6.14. The Bertz CT molecular complexity index is 636. The molecular formula is C15H17BrN2O2S. The molecule has 6 heteroatoms. The van der Waals surface area contributed by atoms with Gasteiger partial charge in [-0.05, 0) is 44.5 Å². The number of nitrogens with one attached hydrogen (secondary N) is 1. The normalized spacial score (nSPS) is 10.7. The summed E-state index contributed by atoms with van der Waals surface area (Å²) in [6, 6.07) is 5.76. The molecule has 112 valence electrons. The number of hydrogen-bond donors (Lipinski definition) is 1. The standard InChI is InChI=1S/C15H17BrN2O2S/c1-9-6-12(4-5-14(9)16)17-15(19)8-21-7-13-10(2)18-20-11(13)3/h4-6H,7-8H2,1-3H3,(H,17,19). The smallest absolute Gasteiger partial charge is 0.234 e. The van der Waals surface area contributed by atoms with Crippen molar-refractivity contribution in [3.63, 3.8) is 0 Å². The highest BCUT2D eigenvalue weighted by Crippen LogP contribution is 2.21. The number of carbonyl (C=O) groups excluding carboxylic acids is 1. The number of anilines is 1. The third kappa shape index (κ3) is 4.35. The number of thioether (sulfide) groups is 1. The summed E-state index contributed by atoms with van der Waals surface area (Å²) >= 11 is 4.99. The maximum atomic E-state index is 11.9. The van der Waals surface area contributed by atoms with Crippen LogP contribution in [0.1, 0.15) is 22.6 Å². The van der Waals surface area contributed by atoms with Gasteiger partial charge in [0.2, 0.25) is 5.91 Å². The minimum atomic E-state index is -0.00603. The van der Waals surface area contributed by atoms with Gasteiger partial charge in [0.05, 0.1) is 11.4 Å². The van der Waals surface area contributed by atoms with Gasteiger partial charge in [0, 0.05) is 21.5 Å². The van der Waals surface area contributed by atoms with E-state index >= 15 is 0 Å². The topological polar surface area (TPSA) is 55.1 Å². The third-order valence-corrected chi connectivity index (χ3v) is 4.95. The molecule has 1 heterocycles. The van der Waals surface area contributed by atoms with E-state index in [4.69, 9.17) is 4.52 Å². The lowest BCUT2D eigenvalue weighted by molar-refractivity contribution is -0.113. The van der Waals surface area contributed by atoms with Crippen molar-refractivity contribution in [2.24, 2.45) is 0 Å². The molecule has 2 rings (SSSR count). The zero-order valence-electron chi connectivity index (χ0n) is 12.2. The molecule has 1 N–H and O–H groups in total. The molecule has 4 nitrogen and oxygen atoms in total. The summed E-state index contributed by atoms with van der Waals surface area (Å²) in [6.45, 7) is 5.80. The van der Waals surface area contributed by atoms with E-state index in [1.165, 1.54) is 0 Å². The molecule has 0 aliphatic carbocycles.